The summed E-state index contributed by atoms with van der Waals surface area (Å²) in [5.74, 6) is -20.6. The zero-order valence-electron chi connectivity index (χ0n) is 74.5. The number of primary amides is 1. The van der Waals surface area contributed by atoms with E-state index in [0.29, 0.717) is 63.1 Å². The second-order valence-electron chi connectivity index (χ2n) is 33.3. The fourth-order valence-corrected chi connectivity index (χ4v) is 16.9. The maximum atomic E-state index is 15.3. The van der Waals surface area contributed by atoms with Crippen molar-refractivity contribution in [3.8, 4) is 5.75 Å². The standard InChI is InChI=1S/C88H119N21O23S/c1-6-8-18-59-85(129)107(5)68(22-9-7-2)82(126)97-58(28-29-73(115)116)77(121)105-67(76(120)94-41-71(90)113)44-133-45-72(114)96-64(32-48-24-26-52(111)27-25-48)86(130)106(4)47(3)75(119)103-65(37-74(117)118)88(132)108-31-15-23-69(108)83(127)102-63(35-51-40-91-46-95-51)80(124)99-60(21-14-30-89)87(131)109-42-53(112)36-70(109)84(128)101-62(34-50-39-93-57-20-13-11-17-55(50)57)79(123)104-66(43-110)81(125)100-61(78(122)98-59)33-49-38-92-56-19-12-10-16-54(49)56/h10-13,16-17,19-20,24-27,38-40,46-47,53,58-70,92-93,110-112H,6-9,14-15,18,21-23,28-37,41-45,89H2,1-5H3,(H2,90,113)(H,91,95)(H,94,120)(H,96,114)(H,97,126)(H,98,122)(H,99,124)(H,100,125)(H,101,128)(H,102,127)(H,103,119)(H,104,123)(H,105,121)(H,115,116)(H,117,118)/t47-,53+,58-,59+,60-,61-,62-,63-,64-,65+,66-,67-,68-,69-,70-/m0/s1. The van der Waals surface area contributed by atoms with Crippen LogP contribution in [-0.2, 0) is 112 Å². The van der Waals surface area contributed by atoms with Crippen molar-refractivity contribution >= 4 is 140 Å². The van der Waals surface area contributed by atoms with Crippen molar-refractivity contribution in [3.63, 3.8) is 0 Å². The van der Waals surface area contributed by atoms with Gasteiger partial charge in [-0.15, -0.1) is 11.8 Å². The lowest BCUT2D eigenvalue weighted by molar-refractivity contribution is -0.147. The summed E-state index contributed by atoms with van der Waals surface area (Å²) in [6, 6.07) is -3.68. The summed E-state index contributed by atoms with van der Waals surface area (Å²) in [5, 5.41) is 82.5. The number of para-hydroxylation sites is 2. The number of amides is 16. The van der Waals surface area contributed by atoms with E-state index in [0.717, 1.165) is 19.6 Å². The first-order valence-electron chi connectivity index (χ1n) is 44.1. The van der Waals surface area contributed by atoms with Crippen LogP contribution in [0.1, 0.15) is 133 Å². The van der Waals surface area contributed by atoms with Crippen LogP contribution in [0.2, 0.25) is 0 Å². The fraction of sp³-hybridized carbons (Fsp3) is 0.511. The van der Waals surface area contributed by atoms with Crippen molar-refractivity contribution in [2.45, 2.75) is 227 Å². The number of fused-ring (bicyclic) bond motifs is 4. The van der Waals surface area contributed by atoms with Crippen LogP contribution >= 0.6 is 11.8 Å². The van der Waals surface area contributed by atoms with Gasteiger partial charge in [0.25, 0.3) is 0 Å². The zero-order valence-corrected chi connectivity index (χ0v) is 75.3. The number of nitrogens with two attached hydrogens (primary N) is 2. The number of benzene rings is 3. The number of likely N-dealkylation sites (N-methyl/N-ethyl adjacent to an activating group) is 2. The number of phenolic OH excluding ortho intramolecular Hbond substituents is 1. The molecule has 0 spiro atoms. The van der Waals surface area contributed by atoms with Crippen molar-refractivity contribution in [3.05, 3.63) is 120 Å². The Morgan fingerprint density at radius 2 is 1.07 bits per heavy atom. The normalized spacial score (nSPS) is 24.9. The van der Waals surface area contributed by atoms with Crippen LogP contribution in [0.15, 0.2) is 97.7 Å². The second-order valence-corrected chi connectivity index (χ2v) is 34.3. The van der Waals surface area contributed by atoms with Gasteiger partial charge in [-0.1, -0.05) is 88.1 Å². The van der Waals surface area contributed by atoms with Gasteiger partial charge in [0, 0.05) is 118 Å². The number of hydrogen-bond donors (Lipinski definition) is 21. The minimum Gasteiger partial charge on any atom is -0.508 e. The number of carboxylic acid groups (broad SMARTS) is 2. The Kier molecular flexibility index (Phi) is 38.5. The molecular weight excluding hydrogens is 1750 g/mol. The van der Waals surface area contributed by atoms with Crippen molar-refractivity contribution in [1.82, 2.24) is 98.0 Å². The number of thioether (sulfide) groups is 1. The molecule has 0 aliphatic carbocycles. The lowest BCUT2D eigenvalue weighted by Crippen LogP contribution is -2.61. The molecule has 0 unspecified atom stereocenters. The Morgan fingerprint density at radius 3 is 1.65 bits per heavy atom. The molecule has 15 atom stereocenters. The van der Waals surface area contributed by atoms with Gasteiger partial charge in [0.15, 0.2) is 0 Å². The summed E-state index contributed by atoms with van der Waals surface area (Å²) in [4.78, 5) is 277. The Morgan fingerprint density at radius 1 is 0.541 bits per heavy atom. The van der Waals surface area contributed by atoms with E-state index in [4.69, 9.17) is 11.5 Å². The number of nitrogens with zero attached hydrogens (tertiary/aromatic N) is 5. The molecule has 133 heavy (non-hydrogen) atoms. The minimum absolute atomic E-state index is 0.0388. The molecule has 0 saturated carbocycles. The Hall–Kier alpha value is -13.6. The van der Waals surface area contributed by atoms with E-state index in [1.807, 2.05) is 0 Å². The predicted molar refractivity (Wildman–Crippen MR) is 480 cm³/mol. The Balaban J connectivity index is 1.09. The van der Waals surface area contributed by atoms with E-state index in [-0.39, 0.29) is 102 Å². The van der Waals surface area contributed by atoms with Crippen molar-refractivity contribution in [2.75, 3.05) is 58.4 Å². The number of rotatable bonds is 26. The molecule has 9 rings (SSSR count). The number of imidazole rings is 1. The number of aliphatic carboxylic acids is 2. The van der Waals surface area contributed by atoms with Gasteiger partial charge in [-0.2, -0.15) is 0 Å². The van der Waals surface area contributed by atoms with Crippen LogP contribution in [0.5, 0.6) is 5.75 Å². The van der Waals surface area contributed by atoms with Gasteiger partial charge in [0.2, 0.25) is 94.5 Å². The number of aliphatic hydroxyl groups is 2. The van der Waals surface area contributed by atoms with Gasteiger partial charge in [0.1, 0.15) is 90.3 Å². The summed E-state index contributed by atoms with van der Waals surface area (Å²) in [6.45, 7) is 2.17. The van der Waals surface area contributed by atoms with Gasteiger partial charge in [-0.25, -0.2) is 4.98 Å². The van der Waals surface area contributed by atoms with E-state index in [9.17, 15) is 78.3 Å². The van der Waals surface area contributed by atoms with Crippen molar-refractivity contribution < 1.29 is 112 Å². The largest absolute Gasteiger partial charge is 0.508 e. The summed E-state index contributed by atoms with van der Waals surface area (Å²) in [7, 11) is 2.43. The number of carbonyl (C=O) groups is 18. The molecular formula is C88H119N21O23S. The molecule has 3 aliphatic rings. The lowest BCUT2D eigenvalue weighted by atomic mass is 10.0. The van der Waals surface area contributed by atoms with E-state index in [2.05, 4.69) is 78.4 Å². The molecule has 44 nitrogen and oxygen atoms in total. The first-order valence-corrected chi connectivity index (χ1v) is 45.3. The first kappa shape index (κ1) is 103. The summed E-state index contributed by atoms with van der Waals surface area (Å²) in [6.07, 6.45) is 1.40. The average molecular weight is 1870 g/mol. The van der Waals surface area contributed by atoms with Crippen molar-refractivity contribution in [2.24, 2.45) is 11.5 Å². The molecule has 6 aromatic rings. The number of aliphatic hydroxyl groups excluding tert-OH is 2. The van der Waals surface area contributed by atoms with Crippen LogP contribution in [0.3, 0.4) is 0 Å². The Labute approximate surface area is 769 Å². The lowest BCUT2D eigenvalue weighted by Gasteiger charge is -2.33. The van der Waals surface area contributed by atoms with Crippen molar-refractivity contribution in [1.29, 1.82) is 0 Å². The highest BCUT2D eigenvalue weighted by atomic mass is 32.2. The zero-order chi connectivity index (χ0) is 96.9. The topological polar surface area (TPSA) is 666 Å². The number of carboxylic acids is 2. The van der Waals surface area contributed by atoms with Crippen LogP contribution in [0, 0.1) is 0 Å². The molecule has 0 bridgehead atoms. The monoisotopic (exact) mass is 1870 g/mol. The molecule has 3 saturated heterocycles. The van der Waals surface area contributed by atoms with E-state index >= 15 is 33.6 Å². The summed E-state index contributed by atoms with van der Waals surface area (Å²) >= 11 is 0.692. The fourth-order valence-electron chi connectivity index (χ4n) is 16.1. The second kappa shape index (κ2) is 49.6. The smallest absolute Gasteiger partial charge is 0.305 e. The highest BCUT2D eigenvalue weighted by Gasteiger charge is 2.46. The molecule has 720 valence electrons. The van der Waals surface area contributed by atoms with Gasteiger partial charge in [0.05, 0.1) is 37.8 Å². The first-order chi connectivity index (χ1) is 63.5. The molecule has 0 radical (unpaired) electrons. The third-order valence-electron chi connectivity index (χ3n) is 23.5. The number of aromatic amines is 3. The molecule has 45 heteroatoms. The number of carbonyl (C=O) groups excluding carboxylic acids is 16. The van der Waals surface area contributed by atoms with Gasteiger partial charge < -0.3 is 130 Å². The maximum Gasteiger partial charge on any atom is 0.305 e. The van der Waals surface area contributed by atoms with E-state index in [1.165, 1.54) is 57.8 Å². The van der Waals surface area contributed by atoms with Gasteiger partial charge in [-0.05, 0) is 99.4 Å². The van der Waals surface area contributed by atoms with Gasteiger partial charge in [-0.3, -0.25) is 86.3 Å². The van der Waals surface area contributed by atoms with Crippen LogP contribution in [0.4, 0.5) is 0 Å². The third-order valence-corrected chi connectivity index (χ3v) is 24.5. The minimum atomic E-state index is -1.93. The molecule has 3 aliphatic heterocycles. The highest BCUT2D eigenvalue weighted by molar-refractivity contribution is 8.00. The van der Waals surface area contributed by atoms with Crippen LogP contribution in [-0.4, -0.2) is 321 Å². The molecule has 6 heterocycles. The predicted octanol–water partition coefficient (Wildman–Crippen LogP) is -3.38. The number of nitrogens with one attached hydrogen (secondary N) is 14. The Bertz CT molecular complexity index is 5150. The van der Waals surface area contributed by atoms with Crippen LogP contribution in [0.25, 0.3) is 21.8 Å². The average Bonchev–Trinajstić information content (AvgIpc) is 1.69. The molecule has 3 aromatic carbocycles. The number of hydrogen-bond acceptors (Lipinski definition) is 24. The molecule has 3 aromatic heterocycles. The van der Waals surface area contributed by atoms with Gasteiger partial charge >= 0.3 is 11.9 Å². The highest BCUT2D eigenvalue weighted by Crippen LogP contribution is 2.27. The van der Waals surface area contributed by atoms with Crippen LogP contribution < -0.4 is 70.0 Å². The quantitative estimate of drug-likeness (QED) is 0.0252. The molecule has 16 amide bonds. The summed E-state index contributed by atoms with van der Waals surface area (Å²) < 4.78 is 0. The van der Waals surface area contributed by atoms with E-state index < -0.39 is 254 Å². The number of unbranched alkanes of at least 4 members (excludes halogenated alkanes) is 2. The maximum absolute atomic E-state index is 15.3. The number of aromatic nitrogens is 4. The summed E-state index contributed by atoms with van der Waals surface area (Å²) in [5.41, 5.74) is 14.2. The number of phenols is 1. The SMILES string of the molecule is CCCC[C@H]1NC(=O)[C@H](Cc2c[nH]c3ccccc23)NC(=O)[C@H](CO)NC(=O)[C@H](Cc2c[nH]c3ccccc23)NC(=O)[C@@H]2C[C@@H](O)CN2C(=O)[C@H](CCCN)NC(=O)[C@H](Cc2cnc[nH]2)NC(=O)[C@@H]2CCCN2C(=O)[C@@H](CC(=O)O)NC(=O)[C@H](C)N(C)C(=O)[C@H](Cc2ccc(O)cc2)NC(=O)CSC[C@@H](C(=O)NCC(N)=O)NC(=O)[C@H](CCC(=O)O)NC(=O)[C@H](CCCC)N(C)C1=O. The molecule has 3 fully saturated rings. The number of H-pyrrole nitrogens is 3. The van der Waals surface area contributed by atoms with E-state index in [1.54, 1.807) is 74.8 Å². The molecule has 23 N–H and O–H groups in total. The third kappa shape index (κ3) is 29.0. The number of aromatic hydroxyl groups is 1.